The van der Waals surface area contributed by atoms with Crippen LogP contribution in [0.2, 0.25) is 0 Å². The topological polar surface area (TPSA) is 9.23 Å². The second-order valence-corrected chi connectivity index (χ2v) is 5.26. The zero-order chi connectivity index (χ0) is 10.4. The Labute approximate surface area is 96.7 Å². The Balaban J connectivity index is 2.34. The lowest BCUT2D eigenvalue weighted by Gasteiger charge is -2.38. The van der Waals surface area contributed by atoms with Crippen LogP contribution in [-0.4, -0.2) is 17.5 Å². The van der Waals surface area contributed by atoms with E-state index in [2.05, 4.69) is 29.8 Å². The van der Waals surface area contributed by atoms with Gasteiger partial charge in [-0.15, -0.1) is 0 Å². The van der Waals surface area contributed by atoms with E-state index in [4.69, 9.17) is 4.74 Å². The minimum absolute atomic E-state index is 0.168. The molecule has 0 heterocycles. The van der Waals surface area contributed by atoms with E-state index in [1.165, 1.54) is 38.5 Å². The molecule has 0 amide bonds. The van der Waals surface area contributed by atoms with Gasteiger partial charge in [-0.05, 0) is 38.0 Å². The van der Waals surface area contributed by atoms with Crippen molar-refractivity contribution >= 4 is 15.9 Å². The first kappa shape index (κ1) is 12.5. The average molecular weight is 263 g/mol. The van der Waals surface area contributed by atoms with Crippen LogP contribution in [0.1, 0.15) is 52.4 Å². The van der Waals surface area contributed by atoms with Gasteiger partial charge in [-0.25, -0.2) is 0 Å². The first-order chi connectivity index (χ1) is 6.72. The van der Waals surface area contributed by atoms with Gasteiger partial charge in [-0.3, -0.25) is 0 Å². The van der Waals surface area contributed by atoms with Crippen LogP contribution < -0.4 is 0 Å². The van der Waals surface area contributed by atoms with Crippen molar-refractivity contribution in [3.63, 3.8) is 0 Å². The van der Waals surface area contributed by atoms with Crippen LogP contribution in [0.4, 0.5) is 0 Å². The van der Waals surface area contributed by atoms with Crippen LogP contribution >= 0.6 is 15.9 Å². The minimum atomic E-state index is 0.168. The van der Waals surface area contributed by atoms with Gasteiger partial charge in [-0.2, -0.15) is 0 Å². The van der Waals surface area contributed by atoms with Gasteiger partial charge in [0, 0.05) is 11.9 Å². The molecule has 0 spiro atoms. The molecule has 0 atom stereocenters. The Kier molecular flexibility index (Phi) is 5.47. The molecule has 0 N–H and O–H groups in total. The fraction of sp³-hybridized carbons (Fsp3) is 1.00. The number of halogens is 1. The van der Waals surface area contributed by atoms with E-state index < -0.39 is 0 Å². The monoisotopic (exact) mass is 262 g/mol. The molecule has 14 heavy (non-hydrogen) atoms. The third kappa shape index (κ3) is 3.54. The third-order valence-electron chi connectivity index (χ3n) is 3.34. The quantitative estimate of drug-likeness (QED) is 0.535. The molecule has 0 aliphatic heterocycles. The number of alkyl halides is 1. The molecule has 0 aromatic heterocycles. The van der Waals surface area contributed by atoms with E-state index in [9.17, 15) is 0 Å². The van der Waals surface area contributed by atoms with Gasteiger partial charge in [0.05, 0.1) is 5.60 Å². The summed E-state index contributed by atoms with van der Waals surface area (Å²) in [6.07, 6.45) is 7.57. The van der Waals surface area contributed by atoms with Crippen LogP contribution in [0.3, 0.4) is 0 Å². The SMILES string of the molecule is CCCCOC1(CBr)CCC(C)CC1. The number of hydrogen-bond donors (Lipinski definition) is 0. The highest BCUT2D eigenvalue weighted by atomic mass is 79.9. The Morgan fingerprint density at radius 1 is 1.36 bits per heavy atom. The highest BCUT2D eigenvalue weighted by Gasteiger charge is 2.33. The van der Waals surface area contributed by atoms with Gasteiger partial charge < -0.3 is 4.74 Å². The Bertz CT molecular complexity index is 150. The summed E-state index contributed by atoms with van der Waals surface area (Å²) in [5, 5.41) is 1.01. The molecular formula is C12H23BrO. The summed E-state index contributed by atoms with van der Waals surface area (Å²) in [6.45, 7) is 5.51. The van der Waals surface area contributed by atoms with Crippen molar-refractivity contribution in [2.24, 2.45) is 5.92 Å². The van der Waals surface area contributed by atoms with E-state index in [1.807, 2.05) is 0 Å². The fourth-order valence-corrected chi connectivity index (χ4v) is 2.76. The lowest BCUT2D eigenvalue weighted by atomic mass is 9.80. The van der Waals surface area contributed by atoms with Crippen molar-refractivity contribution in [3.05, 3.63) is 0 Å². The average Bonchev–Trinajstić information content (AvgIpc) is 2.22. The van der Waals surface area contributed by atoms with E-state index in [0.29, 0.717) is 0 Å². The highest BCUT2D eigenvalue weighted by Crippen LogP contribution is 2.36. The van der Waals surface area contributed by atoms with Gasteiger partial charge in [0.2, 0.25) is 0 Å². The Morgan fingerprint density at radius 2 is 2.00 bits per heavy atom. The highest BCUT2D eigenvalue weighted by molar-refractivity contribution is 9.09. The van der Waals surface area contributed by atoms with Crippen molar-refractivity contribution in [2.45, 2.75) is 58.0 Å². The Morgan fingerprint density at radius 3 is 2.50 bits per heavy atom. The van der Waals surface area contributed by atoms with Gasteiger partial charge in [0.25, 0.3) is 0 Å². The molecule has 84 valence electrons. The number of ether oxygens (including phenoxy) is 1. The van der Waals surface area contributed by atoms with Crippen LogP contribution in [-0.2, 0) is 4.74 Å². The maximum absolute atomic E-state index is 6.06. The van der Waals surface area contributed by atoms with E-state index in [-0.39, 0.29) is 5.60 Å². The largest absolute Gasteiger partial charge is 0.374 e. The lowest BCUT2D eigenvalue weighted by molar-refractivity contribution is -0.0595. The molecule has 0 radical (unpaired) electrons. The molecule has 0 saturated heterocycles. The predicted molar refractivity (Wildman–Crippen MR) is 65.0 cm³/mol. The van der Waals surface area contributed by atoms with Crippen molar-refractivity contribution in [1.82, 2.24) is 0 Å². The van der Waals surface area contributed by atoms with Crippen LogP contribution in [0, 0.1) is 5.92 Å². The van der Waals surface area contributed by atoms with Crippen molar-refractivity contribution in [2.75, 3.05) is 11.9 Å². The first-order valence-electron chi connectivity index (χ1n) is 5.92. The summed E-state index contributed by atoms with van der Waals surface area (Å²) in [5.74, 6) is 0.900. The van der Waals surface area contributed by atoms with E-state index in [0.717, 1.165) is 17.9 Å². The molecule has 0 bridgehead atoms. The number of unbranched alkanes of at least 4 members (excludes halogenated alkanes) is 1. The van der Waals surface area contributed by atoms with Crippen molar-refractivity contribution in [3.8, 4) is 0 Å². The van der Waals surface area contributed by atoms with Crippen LogP contribution in [0.15, 0.2) is 0 Å². The molecule has 1 fully saturated rings. The van der Waals surface area contributed by atoms with Gasteiger partial charge in [0.15, 0.2) is 0 Å². The molecule has 2 heteroatoms. The molecule has 1 aliphatic carbocycles. The first-order valence-corrected chi connectivity index (χ1v) is 7.04. The van der Waals surface area contributed by atoms with E-state index in [1.54, 1.807) is 0 Å². The lowest BCUT2D eigenvalue weighted by Crippen LogP contribution is -2.38. The second-order valence-electron chi connectivity index (χ2n) is 4.70. The van der Waals surface area contributed by atoms with Crippen molar-refractivity contribution in [1.29, 1.82) is 0 Å². The molecular weight excluding hydrogens is 240 g/mol. The second kappa shape index (κ2) is 6.12. The zero-order valence-electron chi connectivity index (χ0n) is 9.52. The molecule has 0 aromatic rings. The molecule has 0 unspecified atom stereocenters. The van der Waals surface area contributed by atoms with Gasteiger partial charge in [-0.1, -0.05) is 36.2 Å². The van der Waals surface area contributed by atoms with Gasteiger partial charge in [0.1, 0.15) is 0 Å². The van der Waals surface area contributed by atoms with Crippen LogP contribution in [0.5, 0.6) is 0 Å². The summed E-state index contributed by atoms with van der Waals surface area (Å²) >= 11 is 3.62. The molecule has 1 aliphatic rings. The van der Waals surface area contributed by atoms with E-state index >= 15 is 0 Å². The molecule has 1 nitrogen and oxygen atoms in total. The van der Waals surface area contributed by atoms with Crippen molar-refractivity contribution < 1.29 is 4.74 Å². The standard InChI is InChI=1S/C12H23BrO/c1-3-4-9-14-12(10-13)7-5-11(2)6-8-12/h11H,3-10H2,1-2H3. The summed E-state index contributed by atoms with van der Waals surface area (Å²) in [7, 11) is 0. The molecule has 1 saturated carbocycles. The molecule has 0 aromatic carbocycles. The maximum Gasteiger partial charge on any atom is 0.0779 e. The summed E-state index contributed by atoms with van der Waals surface area (Å²) < 4.78 is 6.06. The third-order valence-corrected chi connectivity index (χ3v) is 4.36. The zero-order valence-corrected chi connectivity index (χ0v) is 11.1. The Hall–Kier alpha value is 0.440. The maximum atomic E-state index is 6.06. The normalized spacial score (nSPS) is 33.2. The fourth-order valence-electron chi connectivity index (χ4n) is 2.04. The van der Waals surface area contributed by atoms with Crippen LogP contribution in [0.25, 0.3) is 0 Å². The minimum Gasteiger partial charge on any atom is -0.374 e. The molecule has 1 rings (SSSR count). The smallest absolute Gasteiger partial charge is 0.0779 e. The van der Waals surface area contributed by atoms with Gasteiger partial charge >= 0.3 is 0 Å². The summed E-state index contributed by atoms with van der Waals surface area (Å²) in [6, 6.07) is 0. The summed E-state index contributed by atoms with van der Waals surface area (Å²) in [5.41, 5.74) is 0.168. The number of hydrogen-bond acceptors (Lipinski definition) is 1. The summed E-state index contributed by atoms with van der Waals surface area (Å²) in [4.78, 5) is 0. The number of rotatable bonds is 5. The predicted octanol–water partition coefficient (Wildman–Crippen LogP) is 4.15.